The van der Waals surface area contributed by atoms with Gasteiger partial charge in [-0.2, -0.15) is 0 Å². The van der Waals surface area contributed by atoms with Gasteiger partial charge in [-0.3, -0.25) is 0 Å². The Morgan fingerprint density at radius 2 is 1.90 bits per heavy atom. The third kappa shape index (κ3) is 2.70. The number of carboxylic acids is 1. The maximum Gasteiger partial charge on any atom is 0.337 e. The minimum Gasteiger partial charge on any atom is -0.478 e. The van der Waals surface area contributed by atoms with Crippen molar-refractivity contribution in [2.45, 2.75) is 25.3 Å². The Morgan fingerprint density at radius 1 is 1.14 bits per heavy atom. The van der Waals surface area contributed by atoms with Gasteiger partial charge in [0.1, 0.15) is 0 Å². The smallest absolute Gasteiger partial charge is 0.337 e. The lowest BCUT2D eigenvalue weighted by Gasteiger charge is -2.27. The average molecular weight is 282 g/mol. The van der Waals surface area contributed by atoms with Crippen LogP contribution >= 0.6 is 0 Å². The molecule has 0 bridgehead atoms. The van der Waals surface area contributed by atoms with Gasteiger partial charge in [0.25, 0.3) is 0 Å². The molecule has 0 saturated heterocycles. The Hall–Kier alpha value is -2.49. The van der Waals surface area contributed by atoms with E-state index in [1.165, 1.54) is 11.1 Å². The fourth-order valence-electron chi connectivity index (χ4n) is 2.93. The second-order valence-corrected chi connectivity index (χ2v) is 5.43. The Balaban J connectivity index is 1.84. The van der Waals surface area contributed by atoms with Gasteiger partial charge in [-0.05, 0) is 42.5 Å². The van der Waals surface area contributed by atoms with Gasteiger partial charge in [0.2, 0.25) is 0 Å². The number of para-hydroxylation sites is 1. The molecule has 0 radical (unpaired) electrons. The number of benzene rings is 2. The largest absolute Gasteiger partial charge is 0.478 e. The summed E-state index contributed by atoms with van der Waals surface area (Å²) >= 11 is 0. The van der Waals surface area contributed by atoms with Crippen LogP contribution in [-0.4, -0.2) is 17.1 Å². The lowest BCUT2D eigenvalue weighted by atomic mass is 9.88. The molecular formula is C17H18N2O2. The second-order valence-electron chi connectivity index (χ2n) is 5.43. The molecule has 1 atom stereocenters. The Bertz CT molecular complexity index is 682. The molecule has 2 aromatic carbocycles. The number of nitrogens with one attached hydrogen (secondary N) is 1. The molecule has 3 rings (SSSR count). The van der Waals surface area contributed by atoms with Gasteiger partial charge in [-0.15, -0.1) is 0 Å². The molecule has 21 heavy (non-hydrogen) atoms. The van der Waals surface area contributed by atoms with E-state index in [4.69, 9.17) is 5.73 Å². The summed E-state index contributed by atoms with van der Waals surface area (Å²) in [5.41, 5.74) is 9.90. The van der Waals surface area contributed by atoms with Gasteiger partial charge in [-0.1, -0.05) is 30.3 Å². The van der Waals surface area contributed by atoms with Crippen molar-refractivity contribution in [3.63, 3.8) is 0 Å². The second kappa shape index (κ2) is 5.48. The first-order valence-electron chi connectivity index (χ1n) is 7.10. The van der Waals surface area contributed by atoms with Gasteiger partial charge in [0.05, 0.1) is 16.9 Å². The Labute approximate surface area is 123 Å². The summed E-state index contributed by atoms with van der Waals surface area (Å²) in [6, 6.07) is 13.6. The van der Waals surface area contributed by atoms with E-state index in [1.54, 1.807) is 18.2 Å². The van der Waals surface area contributed by atoms with E-state index in [1.807, 2.05) is 6.07 Å². The molecule has 0 saturated carbocycles. The summed E-state index contributed by atoms with van der Waals surface area (Å²) in [5.74, 6) is -0.957. The molecule has 4 heteroatoms. The molecular weight excluding hydrogens is 264 g/mol. The molecule has 1 unspecified atom stereocenters. The number of anilines is 2. The Morgan fingerprint density at radius 3 is 2.67 bits per heavy atom. The molecule has 4 nitrogen and oxygen atoms in total. The van der Waals surface area contributed by atoms with Crippen molar-refractivity contribution >= 4 is 17.3 Å². The molecule has 0 aromatic heterocycles. The van der Waals surface area contributed by atoms with Crippen molar-refractivity contribution in [1.82, 2.24) is 0 Å². The maximum absolute atomic E-state index is 11.3. The molecule has 0 amide bonds. The first-order valence-corrected chi connectivity index (χ1v) is 7.10. The average Bonchev–Trinajstić information content (AvgIpc) is 2.49. The minimum absolute atomic E-state index is 0.211. The van der Waals surface area contributed by atoms with Crippen molar-refractivity contribution in [1.29, 1.82) is 0 Å². The number of nitrogens with two attached hydrogens (primary N) is 1. The van der Waals surface area contributed by atoms with Crippen LogP contribution in [0.4, 0.5) is 11.4 Å². The summed E-state index contributed by atoms with van der Waals surface area (Å²) in [6.45, 7) is 0. The number of aryl methyl sites for hydroxylation is 1. The highest BCUT2D eigenvalue weighted by atomic mass is 16.4. The number of rotatable bonds is 3. The number of nitrogen functional groups attached to an aromatic ring is 1. The number of hydrogen-bond donors (Lipinski definition) is 3. The van der Waals surface area contributed by atoms with Crippen LogP contribution in [0.3, 0.4) is 0 Å². The topological polar surface area (TPSA) is 75.4 Å². The van der Waals surface area contributed by atoms with Crippen molar-refractivity contribution < 1.29 is 9.90 Å². The zero-order valence-electron chi connectivity index (χ0n) is 11.7. The highest BCUT2D eigenvalue weighted by Gasteiger charge is 2.21. The number of carboxylic acid groups (broad SMARTS) is 1. The van der Waals surface area contributed by atoms with E-state index < -0.39 is 5.97 Å². The van der Waals surface area contributed by atoms with E-state index in [0.717, 1.165) is 19.3 Å². The maximum atomic E-state index is 11.3. The molecule has 1 aliphatic carbocycles. The zero-order valence-corrected chi connectivity index (χ0v) is 11.7. The van der Waals surface area contributed by atoms with Gasteiger partial charge in [0, 0.05) is 6.04 Å². The van der Waals surface area contributed by atoms with Crippen LogP contribution in [0.2, 0.25) is 0 Å². The van der Waals surface area contributed by atoms with Crippen molar-refractivity contribution in [3.05, 3.63) is 59.2 Å². The summed E-state index contributed by atoms with van der Waals surface area (Å²) in [6.07, 6.45) is 2.87. The van der Waals surface area contributed by atoms with E-state index >= 15 is 0 Å². The molecule has 2 aromatic rings. The molecule has 0 spiro atoms. The third-order valence-corrected chi connectivity index (χ3v) is 4.02. The van der Waals surface area contributed by atoms with Crippen LogP contribution in [0, 0.1) is 0 Å². The number of carbonyl (C=O) groups is 1. The van der Waals surface area contributed by atoms with E-state index in [2.05, 4.69) is 23.5 Å². The summed E-state index contributed by atoms with van der Waals surface area (Å²) < 4.78 is 0. The van der Waals surface area contributed by atoms with Crippen LogP contribution in [0.5, 0.6) is 0 Å². The van der Waals surface area contributed by atoms with Gasteiger partial charge in [0.15, 0.2) is 0 Å². The predicted molar refractivity (Wildman–Crippen MR) is 83.7 cm³/mol. The molecule has 4 N–H and O–H groups in total. The van der Waals surface area contributed by atoms with Gasteiger partial charge < -0.3 is 16.2 Å². The highest BCUT2D eigenvalue weighted by Crippen LogP contribution is 2.28. The predicted octanol–water partition coefficient (Wildman–Crippen LogP) is 2.94. The quantitative estimate of drug-likeness (QED) is 0.757. The minimum atomic E-state index is -0.957. The first-order chi connectivity index (χ1) is 10.1. The van der Waals surface area contributed by atoms with Crippen molar-refractivity contribution in [3.8, 4) is 0 Å². The van der Waals surface area contributed by atoms with Crippen LogP contribution in [0.15, 0.2) is 42.5 Å². The zero-order chi connectivity index (χ0) is 14.8. The Kier molecular flexibility index (Phi) is 3.52. The first kappa shape index (κ1) is 13.5. The molecule has 108 valence electrons. The fourth-order valence-corrected chi connectivity index (χ4v) is 2.93. The van der Waals surface area contributed by atoms with Crippen LogP contribution in [0.25, 0.3) is 0 Å². The lowest BCUT2D eigenvalue weighted by molar-refractivity contribution is 0.0698. The normalized spacial score (nSPS) is 17.0. The molecule has 0 heterocycles. The highest BCUT2D eigenvalue weighted by molar-refractivity contribution is 5.97. The van der Waals surface area contributed by atoms with E-state index in [-0.39, 0.29) is 11.6 Å². The summed E-state index contributed by atoms with van der Waals surface area (Å²) in [5, 5.41) is 12.6. The van der Waals surface area contributed by atoms with Gasteiger partial charge in [-0.25, -0.2) is 4.79 Å². The number of hydrogen-bond acceptors (Lipinski definition) is 3. The number of aromatic carboxylic acids is 1. The van der Waals surface area contributed by atoms with Crippen molar-refractivity contribution in [2.24, 2.45) is 0 Å². The monoisotopic (exact) mass is 282 g/mol. The molecule has 1 aliphatic rings. The summed E-state index contributed by atoms with van der Waals surface area (Å²) in [4.78, 5) is 11.3. The third-order valence-electron chi connectivity index (χ3n) is 4.02. The fraction of sp³-hybridized carbons (Fsp3) is 0.235. The van der Waals surface area contributed by atoms with Crippen LogP contribution in [0.1, 0.15) is 27.9 Å². The lowest BCUT2D eigenvalue weighted by Crippen LogP contribution is -2.28. The summed E-state index contributed by atoms with van der Waals surface area (Å²) in [7, 11) is 0. The van der Waals surface area contributed by atoms with Crippen LogP contribution in [-0.2, 0) is 12.8 Å². The standard InChI is InChI=1S/C17H18N2O2/c18-15-7-3-6-14(17(20)21)16(15)19-13-9-8-11-4-1-2-5-12(11)10-13/h1-7,13,19H,8-10,18H2,(H,20,21). The molecule has 0 fully saturated rings. The van der Waals surface area contributed by atoms with Crippen molar-refractivity contribution in [2.75, 3.05) is 11.1 Å². The van der Waals surface area contributed by atoms with Gasteiger partial charge >= 0.3 is 5.97 Å². The van der Waals surface area contributed by atoms with E-state index in [9.17, 15) is 9.90 Å². The van der Waals surface area contributed by atoms with E-state index in [0.29, 0.717) is 11.4 Å². The van der Waals surface area contributed by atoms with Crippen LogP contribution < -0.4 is 11.1 Å². The molecule has 0 aliphatic heterocycles. The number of fused-ring (bicyclic) bond motifs is 1. The SMILES string of the molecule is Nc1cccc(C(=O)O)c1NC1CCc2ccccc2C1.